The Morgan fingerprint density at radius 3 is 2.95 bits per heavy atom. The molecular weight excluding hydrogens is 270 g/mol. The summed E-state index contributed by atoms with van der Waals surface area (Å²) in [6.07, 6.45) is 1.99. The number of hydrogen-bond donors (Lipinski definition) is 1. The average Bonchev–Trinajstić information content (AvgIpc) is 3.20. The molecule has 1 amide bonds. The molecule has 6 nitrogen and oxygen atoms in total. The molecule has 1 N–H and O–H groups in total. The van der Waals surface area contributed by atoms with Crippen LogP contribution >= 0.6 is 0 Å². The summed E-state index contributed by atoms with van der Waals surface area (Å²) in [6, 6.07) is 9.59. The maximum absolute atomic E-state index is 11.8. The first-order chi connectivity index (χ1) is 10.3. The molecule has 1 fully saturated rings. The number of benzene rings is 1. The van der Waals surface area contributed by atoms with E-state index in [9.17, 15) is 4.79 Å². The van der Waals surface area contributed by atoms with Gasteiger partial charge in [-0.05, 0) is 25.0 Å². The molecule has 0 aliphatic carbocycles. The van der Waals surface area contributed by atoms with Gasteiger partial charge in [0, 0.05) is 25.1 Å². The Labute approximate surface area is 122 Å². The molecule has 2 heterocycles. The van der Waals surface area contributed by atoms with E-state index >= 15 is 0 Å². The zero-order valence-corrected chi connectivity index (χ0v) is 11.6. The van der Waals surface area contributed by atoms with E-state index in [1.54, 1.807) is 0 Å². The third kappa shape index (κ3) is 3.46. The molecule has 6 heteroatoms. The van der Waals surface area contributed by atoms with Crippen molar-refractivity contribution >= 4 is 5.91 Å². The maximum Gasteiger partial charge on any atom is 0.257 e. The Hall–Kier alpha value is -2.21. The Kier molecular flexibility index (Phi) is 4.25. The summed E-state index contributed by atoms with van der Waals surface area (Å²) in [5.74, 6) is 1.02. The normalized spacial score (nSPS) is 17.8. The van der Waals surface area contributed by atoms with E-state index in [0.717, 1.165) is 18.4 Å². The SMILES string of the molecule is O=C(NCCc1noc(-c2ccccc2)n1)[C@@H]1CCCO1. The van der Waals surface area contributed by atoms with Crippen LogP contribution in [-0.4, -0.2) is 35.3 Å². The van der Waals surface area contributed by atoms with Crippen molar-refractivity contribution in [2.75, 3.05) is 13.2 Å². The number of hydrogen-bond acceptors (Lipinski definition) is 5. The van der Waals surface area contributed by atoms with Crippen molar-refractivity contribution in [3.8, 4) is 11.5 Å². The van der Waals surface area contributed by atoms with Gasteiger partial charge in [0.15, 0.2) is 5.82 Å². The summed E-state index contributed by atoms with van der Waals surface area (Å²) in [7, 11) is 0. The minimum absolute atomic E-state index is 0.0562. The Morgan fingerprint density at radius 2 is 2.19 bits per heavy atom. The summed E-state index contributed by atoms with van der Waals surface area (Å²) in [5.41, 5.74) is 0.889. The summed E-state index contributed by atoms with van der Waals surface area (Å²) in [5, 5.41) is 6.75. The second-order valence-electron chi connectivity index (χ2n) is 4.92. The molecule has 110 valence electrons. The molecule has 0 radical (unpaired) electrons. The number of rotatable bonds is 5. The highest BCUT2D eigenvalue weighted by Gasteiger charge is 2.23. The van der Waals surface area contributed by atoms with E-state index in [-0.39, 0.29) is 12.0 Å². The predicted octanol–water partition coefficient (Wildman–Crippen LogP) is 1.57. The fourth-order valence-electron chi connectivity index (χ4n) is 2.25. The lowest BCUT2D eigenvalue weighted by molar-refractivity contribution is -0.129. The van der Waals surface area contributed by atoms with Gasteiger partial charge in [-0.15, -0.1) is 0 Å². The molecule has 1 aromatic carbocycles. The first-order valence-corrected chi connectivity index (χ1v) is 7.10. The van der Waals surface area contributed by atoms with E-state index in [2.05, 4.69) is 15.5 Å². The van der Waals surface area contributed by atoms with Crippen molar-refractivity contribution in [3.63, 3.8) is 0 Å². The molecule has 2 aromatic rings. The van der Waals surface area contributed by atoms with E-state index in [1.807, 2.05) is 30.3 Å². The zero-order valence-electron chi connectivity index (χ0n) is 11.6. The molecular formula is C15H17N3O3. The third-order valence-corrected chi connectivity index (χ3v) is 3.36. The molecule has 1 aliphatic rings. The maximum atomic E-state index is 11.8. The summed E-state index contributed by atoms with van der Waals surface area (Å²) < 4.78 is 10.5. The van der Waals surface area contributed by atoms with Gasteiger partial charge in [-0.3, -0.25) is 4.79 Å². The highest BCUT2D eigenvalue weighted by Crippen LogP contribution is 2.16. The molecule has 21 heavy (non-hydrogen) atoms. The molecule has 3 rings (SSSR count). The van der Waals surface area contributed by atoms with Crippen LogP contribution in [0.3, 0.4) is 0 Å². The molecule has 1 aliphatic heterocycles. The zero-order chi connectivity index (χ0) is 14.5. The first-order valence-electron chi connectivity index (χ1n) is 7.10. The van der Waals surface area contributed by atoms with Gasteiger partial charge in [-0.2, -0.15) is 4.98 Å². The van der Waals surface area contributed by atoms with Crippen molar-refractivity contribution < 1.29 is 14.1 Å². The van der Waals surface area contributed by atoms with Crippen LogP contribution in [0.1, 0.15) is 18.7 Å². The highest BCUT2D eigenvalue weighted by molar-refractivity contribution is 5.80. The Balaban J connectivity index is 1.50. The third-order valence-electron chi connectivity index (χ3n) is 3.36. The topological polar surface area (TPSA) is 77.3 Å². The highest BCUT2D eigenvalue weighted by atomic mass is 16.5. The van der Waals surface area contributed by atoms with Crippen molar-refractivity contribution in [3.05, 3.63) is 36.2 Å². The molecule has 0 unspecified atom stereocenters. The second kappa shape index (κ2) is 6.49. The fraction of sp³-hybridized carbons (Fsp3) is 0.400. The lowest BCUT2D eigenvalue weighted by Crippen LogP contribution is -2.35. The Bertz CT molecular complexity index is 591. The molecule has 1 aromatic heterocycles. The number of nitrogens with one attached hydrogen (secondary N) is 1. The van der Waals surface area contributed by atoms with E-state index in [1.165, 1.54) is 0 Å². The number of carbonyl (C=O) groups is 1. The van der Waals surface area contributed by atoms with Crippen molar-refractivity contribution in [1.29, 1.82) is 0 Å². The molecule has 1 atom stereocenters. The van der Waals surface area contributed by atoms with Gasteiger partial charge in [0.05, 0.1) is 0 Å². The van der Waals surface area contributed by atoms with Gasteiger partial charge >= 0.3 is 0 Å². The van der Waals surface area contributed by atoms with Crippen molar-refractivity contribution in [1.82, 2.24) is 15.5 Å². The molecule has 0 saturated carbocycles. The second-order valence-corrected chi connectivity index (χ2v) is 4.92. The molecule has 0 bridgehead atoms. The number of ether oxygens (including phenoxy) is 1. The van der Waals surface area contributed by atoms with Gasteiger partial charge in [0.2, 0.25) is 5.91 Å². The number of carbonyl (C=O) groups excluding carboxylic acids is 1. The van der Waals surface area contributed by atoms with E-state index < -0.39 is 0 Å². The number of nitrogens with zero attached hydrogens (tertiary/aromatic N) is 2. The van der Waals surface area contributed by atoms with Crippen LogP contribution in [0.5, 0.6) is 0 Å². The number of aromatic nitrogens is 2. The predicted molar refractivity (Wildman–Crippen MR) is 75.4 cm³/mol. The standard InChI is InChI=1S/C15H17N3O3/c19-14(12-7-4-10-20-12)16-9-8-13-17-15(21-18-13)11-5-2-1-3-6-11/h1-3,5-6,12H,4,7-10H2,(H,16,19)/t12-/m0/s1. The summed E-state index contributed by atoms with van der Waals surface area (Å²) >= 11 is 0. The minimum Gasteiger partial charge on any atom is -0.368 e. The Morgan fingerprint density at radius 1 is 1.33 bits per heavy atom. The van der Waals surface area contributed by atoms with Gasteiger partial charge in [-0.1, -0.05) is 23.4 Å². The first kappa shape index (κ1) is 13.8. The number of amides is 1. The average molecular weight is 287 g/mol. The fourth-order valence-corrected chi connectivity index (χ4v) is 2.25. The van der Waals surface area contributed by atoms with Gasteiger partial charge in [0.25, 0.3) is 5.89 Å². The summed E-state index contributed by atoms with van der Waals surface area (Å²) in [4.78, 5) is 16.1. The molecule has 0 spiro atoms. The molecule has 1 saturated heterocycles. The van der Waals surface area contributed by atoms with Crippen LogP contribution in [0, 0.1) is 0 Å². The van der Waals surface area contributed by atoms with Crippen LogP contribution in [-0.2, 0) is 16.0 Å². The van der Waals surface area contributed by atoms with Gasteiger partial charge in [-0.25, -0.2) is 0 Å². The lowest BCUT2D eigenvalue weighted by Gasteiger charge is -2.08. The van der Waals surface area contributed by atoms with Crippen LogP contribution < -0.4 is 5.32 Å². The van der Waals surface area contributed by atoms with Gasteiger partial charge < -0.3 is 14.6 Å². The monoisotopic (exact) mass is 287 g/mol. The quantitative estimate of drug-likeness (QED) is 0.903. The lowest BCUT2D eigenvalue weighted by atomic mass is 10.2. The van der Waals surface area contributed by atoms with Crippen LogP contribution in [0.2, 0.25) is 0 Å². The van der Waals surface area contributed by atoms with Crippen LogP contribution in [0.15, 0.2) is 34.9 Å². The minimum atomic E-state index is -0.296. The smallest absolute Gasteiger partial charge is 0.257 e. The van der Waals surface area contributed by atoms with Crippen molar-refractivity contribution in [2.24, 2.45) is 0 Å². The van der Waals surface area contributed by atoms with E-state index in [0.29, 0.717) is 31.3 Å². The van der Waals surface area contributed by atoms with Crippen LogP contribution in [0.25, 0.3) is 11.5 Å². The summed E-state index contributed by atoms with van der Waals surface area (Å²) in [6.45, 7) is 1.15. The van der Waals surface area contributed by atoms with E-state index in [4.69, 9.17) is 9.26 Å². The van der Waals surface area contributed by atoms with Crippen LogP contribution in [0.4, 0.5) is 0 Å². The van der Waals surface area contributed by atoms with Gasteiger partial charge in [0.1, 0.15) is 6.10 Å². The van der Waals surface area contributed by atoms with Crippen molar-refractivity contribution in [2.45, 2.75) is 25.4 Å². The largest absolute Gasteiger partial charge is 0.368 e.